The first kappa shape index (κ1) is 13.3. The molecule has 2 saturated heterocycles. The topological polar surface area (TPSA) is 49.5 Å². The van der Waals surface area contributed by atoms with E-state index in [0.29, 0.717) is 12.1 Å². The zero-order chi connectivity index (χ0) is 12.5. The summed E-state index contributed by atoms with van der Waals surface area (Å²) in [5.41, 5.74) is 6.05. The van der Waals surface area contributed by atoms with Crippen LogP contribution >= 0.6 is 0 Å². The average Bonchev–Trinajstić information content (AvgIpc) is 2.52. The highest BCUT2D eigenvalue weighted by atomic mass is 16.3. The summed E-state index contributed by atoms with van der Waals surface area (Å²) < 4.78 is 0. The summed E-state index contributed by atoms with van der Waals surface area (Å²) in [4.78, 5) is 2.65. The molecule has 0 saturated carbocycles. The molecule has 2 bridgehead atoms. The first-order chi connectivity index (χ1) is 8.02. The Morgan fingerprint density at radius 3 is 2.35 bits per heavy atom. The number of rotatable bonds is 5. The highest BCUT2D eigenvalue weighted by molar-refractivity contribution is 4.95. The number of aliphatic hydroxyl groups excluding tert-OH is 1. The second-order valence-electron chi connectivity index (χ2n) is 6.72. The van der Waals surface area contributed by atoms with Crippen LogP contribution in [0.4, 0.5) is 0 Å². The quantitative estimate of drug-likeness (QED) is 0.769. The van der Waals surface area contributed by atoms with Crippen molar-refractivity contribution in [3.05, 3.63) is 0 Å². The van der Waals surface area contributed by atoms with Crippen molar-refractivity contribution >= 4 is 0 Å². The maximum Gasteiger partial charge on any atom is 0.0570 e. The molecule has 100 valence electrons. The zero-order valence-electron chi connectivity index (χ0n) is 11.4. The van der Waals surface area contributed by atoms with E-state index in [2.05, 4.69) is 18.7 Å². The maximum atomic E-state index is 9.76. The fourth-order valence-electron chi connectivity index (χ4n) is 3.45. The van der Waals surface area contributed by atoms with E-state index in [4.69, 9.17) is 5.73 Å². The molecular formula is C14H28N2O. The molecule has 0 aromatic carbocycles. The molecule has 0 radical (unpaired) electrons. The van der Waals surface area contributed by atoms with E-state index in [9.17, 15) is 5.11 Å². The molecule has 3 N–H and O–H groups in total. The van der Waals surface area contributed by atoms with Gasteiger partial charge in [-0.15, -0.1) is 0 Å². The lowest BCUT2D eigenvalue weighted by atomic mass is 9.87. The Balaban J connectivity index is 1.77. The Morgan fingerprint density at radius 1 is 1.24 bits per heavy atom. The lowest BCUT2D eigenvalue weighted by molar-refractivity contribution is 0.0333. The summed E-state index contributed by atoms with van der Waals surface area (Å²) >= 11 is 0. The molecule has 2 unspecified atom stereocenters. The van der Waals surface area contributed by atoms with Crippen molar-refractivity contribution in [1.29, 1.82) is 0 Å². The van der Waals surface area contributed by atoms with Gasteiger partial charge in [-0.3, -0.25) is 4.90 Å². The van der Waals surface area contributed by atoms with Crippen LogP contribution in [0.25, 0.3) is 0 Å². The van der Waals surface area contributed by atoms with Crippen LogP contribution in [-0.2, 0) is 0 Å². The fourth-order valence-corrected chi connectivity index (χ4v) is 3.45. The molecule has 2 aliphatic rings. The molecule has 3 nitrogen and oxygen atoms in total. The van der Waals surface area contributed by atoms with Gasteiger partial charge in [-0.25, -0.2) is 0 Å². The molecule has 0 aromatic rings. The smallest absolute Gasteiger partial charge is 0.0570 e. The minimum atomic E-state index is -0.0377. The molecular weight excluding hydrogens is 212 g/mol. The Bertz CT molecular complexity index is 241. The van der Waals surface area contributed by atoms with Crippen LogP contribution in [0, 0.1) is 5.41 Å². The van der Waals surface area contributed by atoms with Crippen molar-refractivity contribution in [3.8, 4) is 0 Å². The van der Waals surface area contributed by atoms with Crippen LogP contribution in [0.15, 0.2) is 0 Å². The molecule has 0 amide bonds. The van der Waals surface area contributed by atoms with Crippen molar-refractivity contribution in [2.75, 3.05) is 13.1 Å². The summed E-state index contributed by atoms with van der Waals surface area (Å²) in [5, 5.41) is 9.76. The maximum absolute atomic E-state index is 9.76. The highest BCUT2D eigenvalue weighted by Crippen LogP contribution is 2.36. The minimum absolute atomic E-state index is 0.0377. The molecule has 17 heavy (non-hydrogen) atoms. The highest BCUT2D eigenvalue weighted by Gasteiger charge is 2.39. The first-order valence-electron chi connectivity index (χ1n) is 7.16. The Kier molecular flexibility index (Phi) is 4.11. The van der Waals surface area contributed by atoms with Gasteiger partial charge in [0, 0.05) is 12.1 Å². The summed E-state index contributed by atoms with van der Waals surface area (Å²) in [5.74, 6) is 0. The zero-order valence-corrected chi connectivity index (χ0v) is 11.4. The number of aliphatic hydroxyl groups is 1. The number of hydrogen-bond acceptors (Lipinski definition) is 3. The Hall–Kier alpha value is -0.120. The third-order valence-electron chi connectivity index (χ3n) is 4.68. The number of nitrogens with two attached hydrogens (primary N) is 1. The van der Waals surface area contributed by atoms with E-state index < -0.39 is 0 Å². The van der Waals surface area contributed by atoms with Gasteiger partial charge < -0.3 is 10.8 Å². The summed E-state index contributed by atoms with van der Waals surface area (Å²) in [6.45, 7) is 6.48. The average molecular weight is 240 g/mol. The molecule has 0 aliphatic carbocycles. The third-order valence-corrected chi connectivity index (χ3v) is 4.68. The third kappa shape index (κ3) is 3.21. The van der Waals surface area contributed by atoms with Crippen molar-refractivity contribution in [2.45, 2.75) is 70.6 Å². The van der Waals surface area contributed by atoms with Gasteiger partial charge in [0.2, 0.25) is 0 Å². The van der Waals surface area contributed by atoms with E-state index in [1.54, 1.807) is 0 Å². The van der Waals surface area contributed by atoms with Gasteiger partial charge in [-0.2, -0.15) is 0 Å². The summed E-state index contributed by atoms with van der Waals surface area (Å²) in [7, 11) is 0. The second-order valence-corrected chi connectivity index (χ2v) is 6.72. The fraction of sp³-hybridized carbons (Fsp3) is 1.00. The predicted molar refractivity (Wildman–Crippen MR) is 70.8 cm³/mol. The van der Waals surface area contributed by atoms with E-state index in [1.807, 2.05) is 0 Å². The van der Waals surface area contributed by atoms with E-state index in [-0.39, 0.29) is 11.5 Å². The molecule has 0 aromatic heterocycles. The normalized spacial score (nSPS) is 34.2. The van der Waals surface area contributed by atoms with Crippen molar-refractivity contribution in [1.82, 2.24) is 4.90 Å². The second kappa shape index (κ2) is 5.25. The van der Waals surface area contributed by atoms with E-state index >= 15 is 0 Å². The van der Waals surface area contributed by atoms with Gasteiger partial charge in [0.1, 0.15) is 0 Å². The van der Waals surface area contributed by atoms with Gasteiger partial charge >= 0.3 is 0 Å². The van der Waals surface area contributed by atoms with Gasteiger partial charge in [0.15, 0.2) is 0 Å². The SMILES string of the molecule is CC(C)(CN)CCCN1C2CCC1CC(O)C2. The molecule has 2 fully saturated rings. The van der Waals surface area contributed by atoms with Gasteiger partial charge in [0.05, 0.1) is 6.10 Å². The standard InChI is InChI=1S/C14H28N2O/c1-14(2,10-15)6-3-7-16-11-4-5-12(16)9-13(17)8-11/h11-13,17H,3-10,15H2,1-2H3. The minimum Gasteiger partial charge on any atom is -0.393 e. The van der Waals surface area contributed by atoms with Crippen LogP contribution in [0.5, 0.6) is 0 Å². The van der Waals surface area contributed by atoms with Gasteiger partial charge in [-0.05, 0) is 57.0 Å². The summed E-state index contributed by atoms with van der Waals surface area (Å²) in [6.07, 6.45) is 7.00. The molecule has 2 rings (SSSR count). The van der Waals surface area contributed by atoms with Crippen molar-refractivity contribution < 1.29 is 5.11 Å². The number of hydrogen-bond donors (Lipinski definition) is 2. The molecule has 0 spiro atoms. The van der Waals surface area contributed by atoms with Crippen LogP contribution < -0.4 is 5.73 Å². The first-order valence-corrected chi connectivity index (χ1v) is 7.16. The number of nitrogens with zero attached hydrogens (tertiary/aromatic N) is 1. The molecule has 2 heterocycles. The number of fused-ring (bicyclic) bond motifs is 2. The monoisotopic (exact) mass is 240 g/mol. The largest absolute Gasteiger partial charge is 0.393 e. The predicted octanol–water partition coefficient (Wildman–Crippen LogP) is 1.74. The van der Waals surface area contributed by atoms with E-state index in [0.717, 1.165) is 19.4 Å². The van der Waals surface area contributed by atoms with Crippen LogP contribution in [0.3, 0.4) is 0 Å². The lowest BCUT2D eigenvalue weighted by Gasteiger charge is -2.37. The van der Waals surface area contributed by atoms with E-state index in [1.165, 1.54) is 32.2 Å². The van der Waals surface area contributed by atoms with Crippen molar-refractivity contribution in [3.63, 3.8) is 0 Å². The number of piperidine rings is 1. The van der Waals surface area contributed by atoms with Gasteiger partial charge in [-0.1, -0.05) is 13.8 Å². The molecule has 2 atom stereocenters. The molecule has 3 heteroatoms. The van der Waals surface area contributed by atoms with Crippen LogP contribution in [0.2, 0.25) is 0 Å². The Labute approximate surface area is 105 Å². The lowest BCUT2D eigenvalue weighted by Crippen LogP contribution is -2.45. The van der Waals surface area contributed by atoms with Crippen LogP contribution in [0.1, 0.15) is 52.4 Å². The Morgan fingerprint density at radius 2 is 1.82 bits per heavy atom. The van der Waals surface area contributed by atoms with Gasteiger partial charge in [0.25, 0.3) is 0 Å². The van der Waals surface area contributed by atoms with Crippen molar-refractivity contribution in [2.24, 2.45) is 11.1 Å². The molecule has 2 aliphatic heterocycles. The summed E-state index contributed by atoms with van der Waals surface area (Å²) in [6, 6.07) is 1.31. The van der Waals surface area contributed by atoms with Crippen LogP contribution in [-0.4, -0.2) is 41.3 Å².